The molecule has 0 aliphatic carbocycles. The van der Waals surface area contributed by atoms with E-state index in [4.69, 9.17) is 0 Å². The van der Waals surface area contributed by atoms with Crippen LogP contribution in [0.2, 0.25) is 0 Å². The molecule has 6 nitrogen and oxygen atoms in total. The van der Waals surface area contributed by atoms with Gasteiger partial charge < -0.3 is 25.7 Å². The highest BCUT2D eigenvalue weighted by Gasteiger charge is 2.28. The summed E-state index contributed by atoms with van der Waals surface area (Å²) in [6, 6.07) is -1.00. The van der Waals surface area contributed by atoms with Crippen molar-refractivity contribution in [2.45, 2.75) is 257 Å². The average Bonchev–Trinajstić information content (AvgIpc) is 3.15. The van der Waals surface area contributed by atoms with Crippen molar-refractivity contribution >= 4 is 5.91 Å². The molecule has 0 radical (unpaired) electrons. The van der Waals surface area contributed by atoms with Gasteiger partial charge in [0.1, 0.15) is 12.2 Å². The van der Waals surface area contributed by atoms with Crippen LogP contribution in [-0.4, -0.2) is 57.3 Å². The molecule has 0 saturated heterocycles. The zero-order valence-electron chi connectivity index (χ0n) is 34.6. The number of nitrogens with one attached hydrogen (secondary N) is 1. The number of aliphatic hydroxyl groups is 4. The van der Waals surface area contributed by atoms with Crippen LogP contribution in [0.3, 0.4) is 0 Å². The van der Waals surface area contributed by atoms with Gasteiger partial charge in [0.25, 0.3) is 0 Å². The van der Waals surface area contributed by atoms with Gasteiger partial charge in [-0.25, -0.2) is 0 Å². The van der Waals surface area contributed by atoms with Crippen LogP contribution < -0.4 is 5.32 Å². The second-order valence-electron chi connectivity index (χ2n) is 15.7. The molecule has 0 aromatic carbocycles. The van der Waals surface area contributed by atoms with Crippen molar-refractivity contribution in [2.24, 2.45) is 0 Å². The maximum atomic E-state index is 12.5. The number of aliphatic hydroxyl groups excluding tert-OH is 4. The summed E-state index contributed by atoms with van der Waals surface area (Å²) in [4.78, 5) is 12.5. The van der Waals surface area contributed by atoms with Crippen LogP contribution in [0.15, 0.2) is 24.3 Å². The minimum atomic E-state index is -1.29. The highest BCUT2D eigenvalue weighted by molar-refractivity contribution is 5.80. The number of allylic oxidation sites excluding steroid dienone is 4. The molecule has 0 heterocycles. The molecule has 0 bridgehead atoms. The van der Waals surface area contributed by atoms with Crippen molar-refractivity contribution in [1.29, 1.82) is 0 Å². The lowest BCUT2D eigenvalue weighted by Gasteiger charge is -2.27. The summed E-state index contributed by atoms with van der Waals surface area (Å²) in [6.45, 7) is 4.04. The molecule has 308 valence electrons. The van der Waals surface area contributed by atoms with Gasteiger partial charge in [-0.15, -0.1) is 0 Å². The summed E-state index contributed by atoms with van der Waals surface area (Å²) >= 11 is 0. The molecule has 0 saturated carbocycles. The molecule has 4 atom stereocenters. The van der Waals surface area contributed by atoms with Gasteiger partial charge in [0.05, 0.1) is 18.8 Å². The Bertz CT molecular complexity index is 787. The van der Waals surface area contributed by atoms with Crippen molar-refractivity contribution in [1.82, 2.24) is 5.32 Å². The highest BCUT2D eigenvalue weighted by Crippen LogP contribution is 2.16. The second kappa shape index (κ2) is 41.0. The molecule has 0 aromatic heterocycles. The van der Waals surface area contributed by atoms with E-state index in [1.807, 2.05) is 0 Å². The first-order valence-electron chi connectivity index (χ1n) is 22.7. The number of hydrogen-bond acceptors (Lipinski definition) is 5. The lowest BCUT2D eigenvalue weighted by Crippen LogP contribution is -2.53. The van der Waals surface area contributed by atoms with Crippen molar-refractivity contribution in [2.75, 3.05) is 6.61 Å². The van der Waals surface area contributed by atoms with Crippen molar-refractivity contribution in [3.8, 4) is 0 Å². The van der Waals surface area contributed by atoms with Crippen molar-refractivity contribution in [3.05, 3.63) is 24.3 Å². The number of rotatable bonds is 41. The molecule has 1 amide bonds. The van der Waals surface area contributed by atoms with Gasteiger partial charge >= 0.3 is 0 Å². The molecule has 5 N–H and O–H groups in total. The molecular formula is C46H89NO5. The average molecular weight is 736 g/mol. The monoisotopic (exact) mass is 736 g/mol. The Morgan fingerprint density at radius 2 is 0.808 bits per heavy atom. The Hall–Kier alpha value is -1.21. The van der Waals surface area contributed by atoms with Gasteiger partial charge in [0, 0.05) is 0 Å². The number of hydrogen-bond donors (Lipinski definition) is 5. The Labute approximate surface area is 323 Å². The standard InChI is InChI=1S/C46H89NO5/c1-3-5-7-9-11-13-15-17-19-20-21-22-23-24-25-26-28-29-31-33-35-37-39-43(49)45(51)42(41-48)47-46(52)44(50)40-38-36-34-32-30-27-18-16-14-12-10-8-6-4-2/h25-26,31,33,42-45,48-51H,3-24,27-30,32,34-41H2,1-2H3,(H,47,52)/b26-25+,33-31+. The van der Waals surface area contributed by atoms with Crippen LogP contribution in [0.25, 0.3) is 0 Å². The van der Waals surface area contributed by atoms with Crippen molar-refractivity contribution < 1.29 is 25.2 Å². The summed E-state index contributed by atoms with van der Waals surface area (Å²) < 4.78 is 0. The quantitative estimate of drug-likeness (QED) is 0.0317. The zero-order chi connectivity index (χ0) is 38.2. The maximum Gasteiger partial charge on any atom is 0.249 e. The normalized spacial score (nSPS) is 14.3. The first-order valence-corrected chi connectivity index (χ1v) is 22.7. The molecule has 52 heavy (non-hydrogen) atoms. The topological polar surface area (TPSA) is 110 Å². The number of amides is 1. The maximum absolute atomic E-state index is 12.5. The van der Waals surface area contributed by atoms with Gasteiger partial charge in [-0.3, -0.25) is 4.79 Å². The number of carbonyl (C=O) groups excluding carboxylic acids is 1. The molecule has 0 spiro atoms. The summed E-state index contributed by atoms with van der Waals surface area (Å²) in [6.07, 6.45) is 46.4. The van der Waals surface area contributed by atoms with Gasteiger partial charge in [-0.1, -0.05) is 205 Å². The zero-order valence-corrected chi connectivity index (χ0v) is 34.6. The van der Waals surface area contributed by atoms with E-state index in [9.17, 15) is 25.2 Å². The summed E-state index contributed by atoms with van der Waals surface area (Å²) in [5.41, 5.74) is 0. The Morgan fingerprint density at radius 3 is 1.21 bits per heavy atom. The van der Waals surface area contributed by atoms with Gasteiger partial charge in [-0.05, 0) is 51.4 Å². The van der Waals surface area contributed by atoms with E-state index in [1.54, 1.807) is 0 Å². The number of carbonyl (C=O) groups is 1. The van der Waals surface area contributed by atoms with Gasteiger partial charge in [0.15, 0.2) is 0 Å². The predicted molar refractivity (Wildman–Crippen MR) is 224 cm³/mol. The van der Waals surface area contributed by atoms with Crippen LogP contribution in [0.4, 0.5) is 0 Å². The SMILES string of the molecule is CCCCCCCCCCCCCCC/C=C/CC/C=C/CCCC(O)C(O)C(CO)NC(=O)C(O)CCCCCCCCCCCCCCCC. The van der Waals surface area contributed by atoms with E-state index in [-0.39, 0.29) is 0 Å². The number of unbranched alkanes of at least 4 members (excludes halogenated alkanes) is 28. The lowest BCUT2D eigenvalue weighted by molar-refractivity contribution is -0.132. The van der Waals surface area contributed by atoms with Crippen LogP contribution in [0, 0.1) is 0 Å². The van der Waals surface area contributed by atoms with E-state index in [0.717, 1.165) is 38.5 Å². The summed E-state index contributed by atoms with van der Waals surface area (Å²) in [5.74, 6) is -0.596. The second-order valence-corrected chi connectivity index (χ2v) is 15.7. The summed E-state index contributed by atoms with van der Waals surface area (Å²) in [5, 5.41) is 43.6. The molecular weight excluding hydrogens is 647 g/mol. The fraction of sp³-hybridized carbons (Fsp3) is 0.891. The third-order valence-corrected chi connectivity index (χ3v) is 10.6. The highest BCUT2D eigenvalue weighted by atomic mass is 16.3. The summed E-state index contributed by atoms with van der Waals surface area (Å²) in [7, 11) is 0. The van der Waals surface area contributed by atoms with Gasteiger partial charge in [-0.2, -0.15) is 0 Å². The smallest absolute Gasteiger partial charge is 0.249 e. The van der Waals surface area contributed by atoms with E-state index >= 15 is 0 Å². The van der Waals surface area contributed by atoms with Crippen molar-refractivity contribution in [3.63, 3.8) is 0 Å². The van der Waals surface area contributed by atoms with Gasteiger partial charge in [0.2, 0.25) is 5.91 Å². The molecule has 0 aliphatic heterocycles. The molecule has 4 unspecified atom stereocenters. The molecule has 0 aliphatic rings. The Morgan fingerprint density at radius 1 is 0.462 bits per heavy atom. The molecule has 0 fully saturated rings. The van der Waals surface area contributed by atoms with Crippen LogP contribution in [0.1, 0.15) is 232 Å². The minimum absolute atomic E-state index is 0.363. The molecule has 0 aromatic rings. The van der Waals surface area contributed by atoms with E-state index in [0.29, 0.717) is 19.3 Å². The van der Waals surface area contributed by atoms with Crippen LogP contribution in [0.5, 0.6) is 0 Å². The molecule has 0 rings (SSSR count). The Kier molecular flexibility index (Phi) is 40.0. The van der Waals surface area contributed by atoms with E-state index in [2.05, 4.69) is 43.5 Å². The fourth-order valence-corrected chi connectivity index (χ4v) is 7.01. The van der Waals surface area contributed by atoms with E-state index < -0.39 is 36.9 Å². The first kappa shape index (κ1) is 50.8. The Balaban J connectivity index is 3.77. The molecule has 6 heteroatoms. The lowest BCUT2D eigenvalue weighted by atomic mass is 10.00. The minimum Gasteiger partial charge on any atom is -0.394 e. The van der Waals surface area contributed by atoms with E-state index in [1.165, 1.54) is 161 Å². The predicted octanol–water partition coefficient (Wildman–Crippen LogP) is 12.0. The van der Waals surface area contributed by atoms with Crippen LogP contribution in [-0.2, 0) is 4.79 Å². The third kappa shape index (κ3) is 34.6. The third-order valence-electron chi connectivity index (χ3n) is 10.6. The largest absolute Gasteiger partial charge is 0.394 e. The fourth-order valence-electron chi connectivity index (χ4n) is 7.01. The van der Waals surface area contributed by atoms with Crippen LogP contribution >= 0.6 is 0 Å². The first-order chi connectivity index (χ1) is 25.5.